The van der Waals surface area contributed by atoms with Gasteiger partial charge in [0.25, 0.3) is 10.2 Å². The molecule has 2 aliphatic heterocycles. The van der Waals surface area contributed by atoms with E-state index in [1.807, 2.05) is 6.08 Å². The Balaban J connectivity index is 1.99. The minimum absolute atomic E-state index is 0.0920. The smallest absolute Gasteiger partial charge is 0.308 e. The first-order chi connectivity index (χ1) is 10.7. The number of esters is 1. The minimum atomic E-state index is -3.44. The van der Waals surface area contributed by atoms with Crippen molar-refractivity contribution >= 4 is 16.2 Å². The maximum atomic E-state index is 12.7. The molecule has 0 spiro atoms. The van der Waals surface area contributed by atoms with E-state index >= 15 is 0 Å². The molecule has 0 unspecified atom stereocenters. The Bertz CT molecular complexity index is 569. The summed E-state index contributed by atoms with van der Waals surface area (Å²) in [5.41, 5.74) is 1.41. The van der Waals surface area contributed by atoms with E-state index in [-0.39, 0.29) is 17.3 Å². The van der Waals surface area contributed by atoms with Gasteiger partial charge in [-0.3, -0.25) is 4.79 Å². The highest BCUT2D eigenvalue weighted by Gasteiger charge is 2.36. The van der Waals surface area contributed by atoms with Crippen molar-refractivity contribution in [2.24, 2.45) is 11.3 Å². The number of carbonyl (C=O) groups excluding carboxylic acids is 1. The zero-order chi connectivity index (χ0) is 17.3. The number of ether oxygens (including phenoxy) is 1. The van der Waals surface area contributed by atoms with Crippen LogP contribution in [-0.4, -0.2) is 56.3 Å². The molecule has 0 radical (unpaired) electrons. The molecule has 0 atom stereocenters. The Morgan fingerprint density at radius 1 is 1.17 bits per heavy atom. The molecule has 7 heteroatoms. The Morgan fingerprint density at radius 2 is 1.78 bits per heavy atom. The molecule has 1 fully saturated rings. The van der Waals surface area contributed by atoms with Crippen molar-refractivity contribution in [2.75, 3.05) is 33.3 Å². The maximum absolute atomic E-state index is 12.7. The average molecular weight is 344 g/mol. The van der Waals surface area contributed by atoms with E-state index in [1.54, 1.807) is 4.31 Å². The second kappa shape index (κ2) is 6.91. The van der Waals surface area contributed by atoms with Crippen LogP contribution in [0.3, 0.4) is 0 Å². The molecule has 0 bridgehead atoms. The van der Waals surface area contributed by atoms with Crippen LogP contribution in [0.25, 0.3) is 0 Å². The number of methoxy groups -OCH3 is 1. The standard InChI is InChI=1S/C16H28N2O4S/c1-16(2,3)14-7-11-18(12-8-14)23(20,21)17-9-5-13(6-10-17)15(19)22-4/h7,13H,5-6,8-12H2,1-4H3. The monoisotopic (exact) mass is 344 g/mol. The molecule has 132 valence electrons. The zero-order valence-corrected chi connectivity index (χ0v) is 15.4. The summed E-state index contributed by atoms with van der Waals surface area (Å²) < 4.78 is 33.3. The van der Waals surface area contributed by atoms with Crippen LogP contribution < -0.4 is 0 Å². The summed E-state index contributed by atoms with van der Waals surface area (Å²) in [6.07, 6.45) is 3.88. The number of piperidine rings is 1. The van der Waals surface area contributed by atoms with Crippen LogP contribution in [0.15, 0.2) is 11.6 Å². The van der Waals surface area contributed by atoms with Gasteiger partial charge >= 0.3 is 5.97 Å². The summed E-state index contributed by atoms with van der Waals surface area (Å²) in [5.74, 6) is -0.419. The van der Waals surface area contributed by atoms with Crippen molar-refractivity contribution < 1.29 is 17.9 Å². The van der Waals surface area contributed by atoms with Crippen molar-refractivity contribution in [1.82, 2.24) is 8.61 Å². The second-order valence-electron chi connectivity index (χ2n) is 7.29. The van der Waals surface area contributed by atoms with E-state index in [4.69, 9.17) is 4.74 Å². The predicted octanol–water partition coefficient (Wildman–Crippen LogP) is 1.79. The van der Waals surface area contributed by atoms with E-state index < -0.39 is 10.2 Å². The SMILES string of the molecule is COC(=O)C1CCN(S(=O)(=O)N2CC=C(C(C)(C)C)CC2)CC1. The number of carbonyl (C=O) groups is 1. The van der Waals surface area contributed by atoms with Crippen LogP contribution in [0.5, 0.6) is 0 Å². The van der Waals surface area contributed by atoms with Gasteiger partial charge in [-0.1, -0.05) is 32.4 Å². The Kier molecular flexibility index (Phi) is 5.53. The van der Waals surface area contributed by atoms with Crippen LogP contribution in [0.4, 0.5) is 0 Å². The normalized spacial score (nSPS) is 22.7. The van der Waals surface area contributed by atoms with Crippen molar-refractivity contribution in [3.8, 4) is 0 Å². The van der Waals surface area contributed by atoms with E-state index in [0.29, 0.717) is 39.0 Å². The molecule has 1 saturated heterocycles. The Labute approximate surface area is 139 Å². The lowest BCUT2D eigenvalue weighted by molar-refractivity contribution is -0.146. The third-order valence-corrected chi connectivity index (χ3v) is 6.78. The first-order valence-corrected chi connectivity index (χ1v) is 9.58. The summed E-state index contributed by atoms with van der Waals surface area (Å²) in [7, 11) is -2.07. The first-order valence-electron chi connectivity index (χ1n) is 8.19. The molecule has 0 N–H and O–H groups in total. The number of hydrogen-bond donors (Lipinski definition) is 0. The van der Waals surface area contributed by atoms with Gasteiger partial charge in [0.1, 0.15) is 0 Å². The van der Waals surface area contributed by atoms with Crippen molar-refractivity contribution in [3.63, 3.8) is 0 Å². The fourth-order valence-electron chi connectivity index (χ4n) is 3.19. The summed E-state index contributed by atoms with van der Waals surface area (Å²) in [5, 5.41) is 0. The lowest BCUT2D eigenvalue weighted by Crippen LogP contribution is -2.49. The highest BCUT2D eigenvalue weighted by atomic mass is 32.2. The summed E-state index contributed by atoms with van der Waals surface area (Å²) in [4.78, 5) is 11.5. The number of rotatable bonds is 3. The Hall–Kier alpha value is -0.920. The molecule has 2 rings (SSSR count). The quantitative estimate of drug-likeness (QED) is 0.578. The van der Waals surface area contributed by atoms with Crippen LogP contribution in [0.1, 0.15) is 40.0 Å². The third kappa shape index (κ3) is 4.14. The second-order valence-corrected chi connectivity index (χ2v) is 9.22. The molecule has 2 heterocycles. The molecule has 0 aliphatic carbocycles. The lowest BCUT2D eigenvalue weighted by Gasteiger charge is -2.36. The average Bonchev–Trinajstić information content (AvgIpc) is 2.53. The largest absolute Gasteiger partial charge is 0.469 e. The number of nitrogens with zero attached hydrogens (tertiary/aromatic N) is 2. The van der Waals surface area contributed by atoms with Gasteiger partial charge in [0.15, 0.2) is 0 Å². The molecule has 0 saturated carbocycles. The van der Waals surface area contributed by atoms with Gasteiger partial charge in [0.05, 0.1) is 13.0 Å². The molecular formula is C16H28N2O4S. The predicted molar refractivity (Wildman–Crippen MR) is 89.0 cm³/mol. The van der Waals surface area contributed by atoms with Crippen LogP contribution in [-0.2, 0) is 19.7 Å². The summed E-state index contributed by atoms with van der Waals surface area (Å²) in [6, 6.07) is 0. The summed E-state index contributed by atoms with van der Waals surface area (Å²) in [6.45, 7) is 8.19. The van der Waals surface area contributed by atoms with Gasteiger partial charge < -0.3 is 4.74 Å². The van der Waals surface area contributed by atoms with Crippen LogP contribution in [0, 0.1) is 11.3 Å². The molecule has 23 heavy (non-hydrogen) atoms. The van der Waals surface area contributed by atoms with E-state index in [9.17, 15) is 13.2 Å². The molecule has 2 aliphatic rings. The fraction of sp³-hybridized carbons (Fsp3) is 0.812. The molecule has 0 amide bonds. The number of hydrogen-bond acceptors (Lipinski definition) is 4. The van der Waals surface area contributed by atoms with Gasteiger partial charge in [-0.25, -0.2) is 0 Å². The lowest BCUT2D eigenvalue weighted by atomic mass is 9.83. The first kappa shape index (κ1) is 18.4. The van der Waals surface area contributed by atoms with Crippen LogP contribution >= 0.6 is 0 Å². The topological polar surface area (TPSA) is 66.9 Å². The molecule has 0 aromatic rings. The highest BCUT2D eigenvalue weighted by Crippen LogP contribution is 2.31. The van der Waals surface area contributed by atoms with Crippen molar-refractivity contribution in [3.05, 3.63) is 11.6 Å². The molecule has 0 aromatic carbocycles. The van der Waals surface area contributed by atoms with Gasteiger partial charge in [0, 0.05) is 26.2 Å². The fourth-order valence-corrected chi connectivity index (χ4v) is 4.78. The van der Waals surface area contributed by atoms with Gasteiger partial charge in [0.2, 0.25) is 0 Å². The van der Waals surface area contributed by atoms with Gasteiger partial charge in [-0.05, 0) is 24.7 Å². The Morgan fingerprint density at radius 3 is 2.22 bits per heavy atom. The molecule has 0 aromatic heterocycles. The van der Waals surface area contributed by atoms with Crippen LogP contribution in [0.2, 0.25) is 0 Å². The molecular weight excluding hydrogens is 316 g/mol. The maximum Gasteiger partial charge on any atom is 0.308 e. The minimum Gasteiger partial charge on any atom is -0.469 e. The highest BCUT2D eigenvalue weighted by molar-refractivity contribution is 7.86. The van der Waals surface area contributed by atoms with Crippen molar-refractivity contribution in [2.45, 2.75) is 40.0 Å². The van der Waals surface area contributed by atoms with E-state index in [2.05, 4.69) is 20.8 Å². The summed E-state index contributed by atoms with van der Waals surface area (Å²) >= 11 is 0. The van der Waals surface area contributed by atoms with Crippen molar-refractivity contribution in [1.29, 1.82) is 0 Å². The zero-order valence-electron chi connectivity index (χ0n) is 14.5. The van der Waals surface area contributed by atoms with Gasteiger partial charge in [-0.15, -0.1) is 0 Å². The third-order valence-electron chi connectivity index (χ3n) is 4.78. The van der Waals surface area contributed by atoms with E-state index in [0.717, 1.165) is 6.42 Å². The molecule has 6 nitrogen and oxygen atoms in total. The van der Waals surface area contributed by atoms with Gasteiger partial charge in [-0.2, -0.15) is 17.0 Å². The van der Waals surface area contributed by atoms with E-state index in [1.165, 1.54) is 17.0 Å².